The number of allylic oxidation sites excluding steroid dienone is 2. The van der Waals surface area contributed by atoms with Crippen LogP contribution >= 0.6 is 17.0 Å². The molecular formula is C56H77Cl2SiZr. The minimum absolute atomic E-state index is 0.0531. The molecule has 2 unspecified atom stereocenters. The number of hydrogen-bond donors (Lipinski definition) is 0. The molecule has 0 bridgehead atoms. The molecule has 0 heterocycles. The molecule has 0 saturated carbocycles. The maximum atomic E-state index is 9.10. The van der Waals surface area contributed by atoms with Crippen LogP contribution in [0.4, 0.5) is 0 Å². The van der Waals surface area contributed by atoms with Crippen molar-refractivity contribution < 1.29 is 15.6 Å². The Morgan fingerprint density at radius 1 is 0.483 bits per heavy atom. The van der Waals surface area contributed by atoms with Crippen LogP contribution in [0.1, 0.15) is 196 Å². The first-order chi connectivity index (χ1) is 28.1. The Labute approximate surface area is 375 Å². The normalized spacial score (nSPS) is 17.4. The van der Waals surface area contributed by atoms with Crippen molar-refractivity contribution >= 4 is 35.1 Å². The van der Waals surface area contributed by atoms with Crippen LogP contribution < -0.4 is 0 Å². The summed E-state index contributed by atoms with van der Waals surface area (Å²) < 4.78 is 0.106. The van der Waals surface area contributed by atoms with Crippen molar-refractivity contribution in [1.29, 1.82) is 0 Å². The Morgan fingerprint density at radius 3 is 1.05 bits per heavy atom. The predicted molar refractivity (Wildman–Crippen MR) is 270 cm³/mol. The van der Waals surface area contributed by atoms with E-state index in [1.165, 1.54) is 89.0 Å². The van der Waals surface area contributed by atoms with Crippen LogP contribution in [0.5, 0.6) is 0 Å². The van der Waals surface area contributed by atoms with E-state index in [1.54, 1.807) is 0 Å². The molecule has 0 nitrogen and oxygen atoms in total. The van der Waals surface area contributed by atoms with Crippen LogP contribution in [0.25, 0.3) is 34.4 Å². The zero-order valence-electron chi connectivity index (χ0n) is 40.2. The zero-order chi connectivity index (χ0) is 44.2. The van der Waals surface area contributed by atoms with Crippen molar-refractivity contribution in [1.82, 2.24) is 0 Å². The number of hydrogen-bond acceptors (Lipinski definition) is 0. The van der Waals surface area contributed by atoms with Crippen LogP contribution in [0.15, 0.2) is 71.8 Å². The second-order valence-electron chi connectivity index (χ2n) is 20.9. The summed E-state index contributed by atoms with van der Waals surface area (Å²) in [5.74, 6) is 0.675. The van der Waals surface area contributed by atoms with Gasteiger partial charge in [-0.25, -0.2) is 0 Å². The summed E-state index contributed by atoms with van der Waals surface area (Å²) in [6.45, 7) is 37.9. The number of halogens is 2. The van der Waals surface area contributed by atoms with Crippen LogP contribution in [-0.2, 0) is 28.4 Å². The van der Waals surface area contributed by atoms with E-state index in [0.29, 0.717) is 35.5 Å². The third kappa shape index (κ3) is 8.41. The maximum absolute atomic E-state index is 9.10. The fourth-order valence-electron chi connectivity index (χ4n) is 10.7. The van der Waals surface area contributed by atoms with Crippen molar-refractivity contribution in [2.24, 2.45) is 11.8 Å². The predicted octanol–water partition coefficient (Wildman–Crippen LogP) is 18.3. The van der Waals surface area contributed by atoms with Crippen molar-refractivity contribution in [2.45, 2.75) is 167 Å². The average Bonchev–Trinajstić information content (AvgIpc) is 3.79. The Hall–Kier alpha value is -1.96. The molecule has 0 aliphatic heterocycles. The first-order valence-corrected chi connectivity index (χ1v) is 40.1. The molecule has 2 atom stereocenters. The standard InChI is InChI=1S/2C27H35.C2H7Si.2ClH.Zr/c2*1-8-9-20-10-11-21-12-24(19(6)7)16-26(21)27(20)25-14-22(17(2)3)13-23(15-25)18(4)5;1-3-2;;;/h2*10-19H,8-9H2,1-7H3;3H,1-2H3;2*1H;/q;;;;;+2/p-2. The fourth-order valence-corrected chi connectivity index (χ4v) is 42.2. The van der Waals surface area contributed by atoms with Gasteiger partial charge >= 0.3 is 379 Å². The Morgan fingerprint density at radius 2 is 0.800 bits per heavy atom. The Balaban J connectivity index is 1.69. The molecule has 0 amide bonds. The average molecular weight is 940 g/mol. The van der Waals surface area contributed by atoms with E-state index in [0.717, 1.165) is 25.7 Å². The molecule has 0 spiro atoms. The summed E-state index contributed by atoms with van der Waals surface area (Å²) in [4.78, 5) is 0. The van der Waals surface area contributed by atoms with Crippen molar-refractivity contribution in [3.63, 3.8) is 0 Å². The van der Waals surface area contributed by atoms with E-state index in [9.17, 15) is 0 Å². The molecule has 4 heteroatoms. The number of fused-ring (bicyclic) bond motifs is 2. The van der Waals surface area contributed by atoms with Gasteiger partial charge in [-0.3, -0.25) is 0 Å². The molecule has 323 valence electrons. The van der Waals surface area contributed by atoms with Gasteiger partial charge in [0, 0.05) is 0 Å². The first kappa shape index (κ1) is 47.5. The second kappa shape index (κ2) is 18.3. The van der Waals surface area contributed by atoms with Gasteiger partial charge in [0.15, 0.2) is 0 Å². The molecule has 4 aromatic carbocycles. The Kier molecular flexibility index (Phi) is 14.5. The SMILES string of the molecule is CCCc1ccc2c(c1-c1cc(C(C)C)cc(C(C)C)c1)C=C(C(C)C)[CH]2[Zr]([Cl])([Cl])([CH]1C(C(C)C)=Cc2c1ccc(CCC)c2-c1cc(C(C)C)cc(C(C)C)c1)[SiH](C)C. The molecule has 2 aliphatic carbocycles. The van der Waals surface area contributed by atoms with E-state index < -0.39 is 21.5 Å². The minimum atomic E-state index is -5.08. The van der Waals surface area contributed by atoms with E-state index in [4.69, 9.17) is 17.0 Å². The number of rotatable bonds is 15. The van der Waals surface area contributed by atoms with Crippen molar-refractivity contribution in [3.05, 3.63) is 127 Å². The van der Waals surface area contributed by atoms with Crippen molar-refractivity contribution in [2.75, 3.05) is 0 Å². The topological polar surface area (TPSA) is 0 Å². The summed E-state index contributed by atoms with van der Waals surface area (Å²) in [5.41, 5.74) is 22.6. The summed E-state index contributed by atoms with van der Waals surface area (Å²) in [7, 11) is 18.2. The van der Waals surface area contributed by atoms with Crippen LogP contribution in [0.3, 0.4) is 0 Å². The van der Waals surface area contributed by atoms with Gasteiger partial charge in [-0.05, 0) is 0 Å². The van der Waals surface area contributed by atoms with Gasteiger partial charge in [0.25, 0.3) is 0 Å². The molecule has 0 radical (unpaired) electrons. The van der Waals surface area contributed by atoms with Gasteiger partial charge in [0.05, 0.1) is 0 Å². The van der Waals surface area contributed by atoms with E-state index in [-0.39, 0.29) is 7.25 Å². The quantitative estimate of drug-likeness (QED) is 0.104. The summed E-state index contributed by atoms with van der Waals surface area (Å²) >= 11 is -5.08. The zero-order valence-corrected chi connectivity index (χ0v) is 45.3. The van der Waals surface area contributed by atoms with E-state index in [1.807, 2.05) is 0 Å². The molecule has 2 aliphatic rings. The number of aryl methyl sites for hydroxylation is 2. The van der Waals surface area contributed by atoms with Gasteiger partial charge in [-0.15, -0.1) is 0 Å². The first-order valence-electron chi connectivity index (χ1n) is 23.8. The molecule has 0 saturated heterocycles. The Bertz CT molecular complexity index is 2090. The van der Waals surface area contributed by atoms with Crippen LogP contribution in [0, 0.1) is 11.8 Å². The third-order valence-corrected chi connectivity index (χ3v) is 66.1. The summed E-state index contributed by atoms with van der Waals surface area (Å²) in [6.07, 6.45) is 9.50. The van der Waals surface area contributed by atoms with E-state index >= 15 is 0 Å². The summed E-state index contributed by atoms with van der Waals surface area (Å²) in [5, 5.41) is 0. The van der Waals surface area contributed by atoms with Crippen molar-refractivity contribution in [3.8, 4) is 22.3 Å². The molecular weight excluding hydrogens is 863 g/mol. The third-order valence-electron chi connectivity index (χ3n) is 14.4. The van der Waals surface area contributed by atoms with Crippen LogP contribution in [0.2, 0.25) is 13.1 Å². The molecule has 0 fully saturated rings. The molecule has 6 rings (SSSR count). The monoisotopic (exact) mass is 937 g/mol. The van der Waals surface area contributed by atoms with Gasteiger partial charge in [-0.1, -0.05) is 0 Å². The fraction of sp³-hybridized carbons (Fsp3) is 0.500. The van der Waals surface area contributed by atoms with Crippen LogP contribution in [-0.4, -0.2) is 5.92 Å². The van der Waals surface area contributed by atoms with E-state index in [2.05, 4.69) is 183 Å². The van der Waals surface area contributed by atoms with Gasteiger partial charge in [-0.2, -0.15) is 0 Å². The van der Waals surface area contributed by atoms with Gasteiger partial charge in [0.1, 0.15) is 0 Å². The van der Waals surface area contributed by atoms with Gasteiger partial charge in [0.2, 0.25) is 0 Å². The number of benzene rings is 4. The molecule has 0 aromatic heterocycles. The molecule has 0 N–H and O–H groups in total. The summed E-state index contributed by atoms with van der Waals surface area (Å²) in [6, 6.07) is 24.8. The van der Waals surface area contributed by atoms with Gasteiger partial charge < -0.3 is 0 Å². The molecule has 60 heavy (non-hydrogen) atoms. The second-order valence-corrected chi connectivity index (χ2v) is 63.5. The molecule has 4 aromatic rings.